The molecule has 0 atom stereocenters. The first-order chi connectivity index (χ1) is 14.9. The molecule has 0 saturated heterocycles. The van der Waals surface area contributed by atoms with Gasteiger partial charge >= 0.3 is 0 Å². The third-order valence-corrected chi connectivity index (χ3v) is 6.00. The molecule has 0 spiro atoms. The van der Waals surface area contributed by atoms with E-state index >= 15 is 0 Å². The van der Waals surface area contributed by atoms with E-state index in [0.717, 1.165) is 5.56 Å². The number of anilines is 1. The number of benzene rings is 2. The van der Waals surface area contributed by atoms with Crippen molar-refractivity contribution in [1.82, 2.24) is 15.2 Å². The predicted molar refractivity (Wildman–Crippen MR) is 115 cm³/mol. The van der Waals surface area contributed by atoms with E-state index in [9.17, 15) is 8.42 Å². The number of halogens is 1. The summed E-state index contributed by atoms with van der Waals surface area (Å²) in [6.45, 7) is 0. The predicted octanol–water partition coefficient (Wildman–Crippen LogP) is 4.20. The molecule has 0 aliphatic carbocycles. The number of ether oxygens (including phenoxy) is 2. The van der Waals surface area contributed by atoms with E-state index < -0.39 is 10.0 Å². The van der Waals surface area contributed by atoms with Crippen molar-refractivity contribution in [3.63, 3.8) is 0 Å². The number of nitrogens with zero attached hydrogens (tertiary/aromatic N) is 2. The van der Waals surface area contributed by atoms with Crippen molar-refractivity contribution >= 4 is 27.3 Å². The van der Waals surface area contributed by atoms with Crippen LogP contribution in [0, 0.1) is 0 Å². The first-order valence-electron chi connectivity index (χ1n) is 8.93. The molecule has 0 saturated carbocycles. The van der Waals surface area contributed by atoms with Crippen molar-refractivity contribution in [3.05, 3.63) is 59.8 Å². The van der Waals surface area contributed by atoms with Crippen LogP contribution in [0.2, 0.25) is 5.02 Å². The van der Waals surface area contributed by atoms with E-state index in [1.54, 1.807) is 0 Å². The number of nitrogens with one attached hydrogen (secondary N) is 2. The molecule has 2 heterocycles. The summed E-state index contributed by atoms with van der Waals surface area (Å²) in [5.74, 6) is 1.09. The minimum Gasteiger partial charge on any atom is -0.495 e. The number of sulfonamides is 1. The molecule has 2 aromatic carbocycles. The van der Waals surface area contributed by atoms with Crippen LogP contribution in [0.15, 0.2) is 64.0 Å². The summed E-state index contributed by atoms with van der Waals surface area (Å²) in [4.78, 5) is 2.81. The van der Waals surface area contributed by atoms with Gasteiger partial charge in [-0.1, -0.05) is 29.8 Å². The highest BCUT2D eigenvalue weighted by Crippen LogP contribution is 2.37. The molecule has 160 valence electrons. The molecule has 2 aromatic heterocycles. The highest BCUT2D eigenvalue weighted by molar-refractivity contribution is 7.92. The molecule has 0 amide bonds. The van der Waals surface area contributed by atoms with Gasteiger partial charge in [0.1, 0.15) is 22.1 Å². The minimum absolute atomic E-state index is 0.0315. The summed E-state index contributed by atoms with van der Waals surface area (Å²) < 4.78 is 44.2. The van der Waals surface area contributed by atoms with Crippen molar-refractivity contribution in [3.8, 4) is 34.5 Å². The molecular formula is C20H17ClN4O5S. The number of rotatable bonds is 7. The molecule has 0 fully saturated rings. The summed E-state index contributed by atoms with van der Waals surface area (Å²) in [6.07, 6.45) is 1.32. The number of aromatic amines is 1. The van der Waals surface area contributed by atoms with Crippen molar-refractivity contribution in [1.29, 1.82) is 0 Å². The van der Waals surface area contributed by atoms with Crippen LogP contribution in [0.25, 0.3) is 23.0 Å². The lowest BCUT2D eigenvalue weighted by atomic mass is 10.2. The zero-order valence-corrected chi connectivity index (χ0v) is 18.0. The smallest absolute Gasteiger partial charge is 0.264 e. The van der Waals surface area contributed by atoms with Crippen LogP contribution in [0.1, 0.15) is 0 Å². The van der Waals surface area contributed by atoms with Crippen LogP contribution in [-0.4, -0.2) is 37.8 Å². The van der Waals surface area contributed by atoms with Gasteiger partial charge in [0.15, 0.2) is 0 Å². The maximum absolute atomic E-state index is 12.9. The molecule has 2 N–H and O–H groups in total. The number of aromatic nitrogens is 3. The molecule has 9 nitrogen and oxygen atoms in total. The summed E-state index contributed by atoms with van der Waals surface area (Å²) >= 11 is 6.12. The van der Waals surface area contributed by atoms with Crippen LogP contribution in [0.3, 0.4) is 0 Å². The van der Waals surface area contributed by atoms with Crippen LogP contribution in [-0.2, 0) is 10.0 Å². The fourth-order valence-corrected chi connectivity index (χ4v) is 4.12. The van der Waals surface area contributed by atoms with Gasteiger partial charge in [0.2, 0.25) is 5.89 Å². The zero-order chi connectivity index (χ0) is 22.0. The third kappa shape index (κ3) is 4.21. The number of hydrogen-bond donors (Lipinski definition) is 2. The van der Waals surface area contributed by atoms with Gasteiger partial charge in [0.05, 0.1) is 24.9 Å². The van der Waals surface area contributed by atoms with E-state index in [4.69, 9.17) is 25.5 Å². The van der Waals surface area contributed by atoms with Gasteiger partial charge in [-0.15, -0.1) is 10.2 Å². The molecule has 11 heteroatoms. The van der Waals surface area contributed by atoms with E-state index in [1.165, 1.54) is 38.6 Å². The maximum atomic E-state index is 12.9. The van der Waals surface area contributed by atoms with Crippen molar-refractivity contribution in [2.24, 2.45) is 0 Å². The largest absolute Gasteiger partial charge is 0.495 e. The standard InChI is InChI=1S/C20H17ClN4O5S/c1-28-17-10-18(29-2)15(9-14(17)21)25-31(26,27)13-8-16(22-11-13)20-24-23-19(30-20)12-6-4-3-5-7-12/h3-11,22,25H,1-2H3. The molecule has 0 unspecified atom stereocenters. The van der Waals surface area contributed by atoms with Gasteiger partial charge in [-0.25, -0.2) is 8.42 Å². The van der Waals surface area contributed by atoms with Gasteiger partial charge in [0, 0.05) is 17.8 Å². The number of hydrogen-bond acceptors (Lipinski definition) is 7. The van der Waals surface area contributed by atoms with Crippen LogP contribution < -0.4 is 14.2 Å². The van der Waals surface area contributed by atoms with Gasteiger partial charge in [-0.2, -0.15) is 0 Å². The van der Waals surface area contributed by atoms with Gasteiger partial charge in [-0.05, 0) is 24.3 Å². The molecule has 4 rings (SSSR count). The highest BCUT2D eigenvalue weighted by atomic mass is 35.5. The van der Waals surface area contributed by atoms with E-state index in [1.807, 2.05) is 30.3 Å². The van der Waals surface area contributed by atoms with Crippen molar-refractivity contribution in [2.75, 3.05) is 18.9 Å². The Hall–Kier alpha value is -3.50. The van der Waals surface area contributed by atoms with E-state index in [2.05, 4.69) is 19.9 Å². The molecule has 0 radical (unpaired) electrons. The Morgan fingerprint density at radius 3 is 2.42 bits per heavy atom. The number of H-pyrrole nitrogens is 1. The van der Waals surface area contributed by atoms with Crippen molar-refractivity contribution in [2.45, 2.75) is 4.90 Å². The Balaban J connectivity index is 1.61. The molecule has 0 aliphatic heterocycles. The second-order valence-corrected chi connectivity index (χ2v) is 8.41. The fourth-order valence-electron chi connectivity index (χ4n) is 2.83. The zero-order valence-electron chi connectivity index (χ0n) is 16.4. The van der Waals surface area contributed by atoms with Crippen LogP contribution in [0.5, 0.6) is 11.5 Å². The van der Waals surface area contributed by atoms with Gasteiger partial charge in [0.25, 0.3) is 15.9 Å². The fraction of sp³-hybridized carbons (Fsp3) is 0.100. The van der Waals surface area contributed by atoms with Gasteiger partial charge < -0.3 is 18.9 Å². The first kappa shape index (κ1) is 20.8. The first-order valence-corrected chi connectivity index (χ1v) is 10.8. The second kappa shape index (κ2) is 8.32. The Kier molecular flexibility index (Phi) is 5.57. The van der Waals surface area contributed by atoms with E-state index in [-0.39, 0.29) is 27.2 Å². The normalized spacial score (nSPS) is 11.3. The molecule has 0 aliphatic rings. The molecular weight excluding hydrogens is 444 g/mol. The lowest BCUT2D eigenvalue weighted by molar-refractivity contribution is 0.396. The lowest BCUT2D eigenvalue weighted by Crippen LogP contribution is -2.13. The summed E-state index contributed by atoms with van der Waals surface area (Å²) in [7, 11) is -1.10. The van der Waals surface area contributed by atoms with Crippen LogP contribution in [0.4, 0.5) is 5.69 Å². The third-order valence-electron chi connectivity index (χ3n) is 4.36. The summed E-state index contributed by atoms with van der Waals surface area (Å²) in [6, 6.07) is 13.5. The number of methoxy groups -OCH3 is 2. The highest BCUT2D eigenvalue weighted by Gasteiger charge is 2.22. The van der Waals surface area contributed by atoms with E-state index in [0.29, 0.717) is 17.3 Å². The van der Waals surface area contributed by atoms with Crippen molar-refractivity contribution < 1.29 is 22.3 Å². The average molecular weight is 461 g/mol. The van der Waals surface area contributed by atoms with Gasteiger partial charge in [-0.3, -0.25) is 4.72 Å². The lowest BCUT2D eigenvalue weighted by Gasteiger charge is -2.13. The monoisotopic (exact) mass is 460 g/mol. The average Bonchev–Trinajstić information content (AvgIpc) is 3.44. The molecule has 31 heavy (non-hydrogen) atoms. The maximum Gasteiger partial charge on any atom is 0.264 e. The van der Waals surface area contributed by atoms with Crippen LogP contribution >= 0.6 is 11.6 Å². The molecule has 0 bridgehead atoms. The second-order valence-electron chi connectivity index (χ2n) is 6.32. The Labute approximate surface area is 183 Å². The molecule has 4 aromatic rings. The SMILES string of the molecule is COc1cc(OC)c(NS(=O)(=O)c2c[nH]c(-c3nnc(-c4ccccc4)o3)c2)cc1Cl. The topological polar surface area (TPSA) is 119 Å². The Morgan fingerprint density at radius 2 is 1.71 bits per heavy atom. The Morgan fingerprint density at radius 1 is 1.00 bits per heavy atom. The minimum atomic E-state index is -3.97. The summed E-state index contributed by atoms with van der Waals surface area (Å²) in [5, 5.41) is 8.22. The Bertz CT molecular complexity index is 1320. The summed E-state index contributed by atoms with van der Waals surface area (Å²) in [5.41, 5.74) is 1.28. The quantitative estimate of drug-likeness (QED) is 0.424.